The molecule has 2 aromatic rings. The van der Waals surface area contributed by atoms with Gasteiger partial charge in [0, 0.05) is 13.1 Å². The molecule has 28 heavy (non-hydrogen) atoms. The maximum Gasteiger partial charge on any atom is 0.260 e. The zero-order valence-corrected chi connectivity index (χ0v) is 18.1. The second kappa shape index (κ2) is 9.60. The van der Waals surface area contributed by atoms with E-state index in [2.05, 4.69) is 10.0 Å². The fraction of sp³-hybridized carbons (Fsp3) is 0.316. The molecule has 9 heteroatoms. The van der Waals surface area contributed by atoms with Gasteiger partial charge in [0.05, 0.1) is 9.92 Å². The van der Waals surface area contributed by atoms with Gasteiger partial charge in [-0.1, -0.05) is 41.4 Å². The van der Waals surface area contributed by atoms with Gasteiger partial charge in [0.25, 0.3) is 5.91 Å². The van der Waals surface area contributed by atoms with Gasteiger partial charge in [-0.05, 0) is 50.1 Å². The molecule has 6 nitrogen and oxygen atoms in total. The van der Waals surface area contributed by atoms with Crippen LogP contribution in [-0.2, 0) is 14.8 Å². The first-order valence-corrected chi connectivity index (χ1v) is 10.8. The first-order chi connectivity index (χ1) is 13.1. The standard InChI is InChI=1S/C19H22Cl2N2O4S/c1-12-7-8-13(2)17(11-12)28(25,26)23-10-9-22-19(24)14(3)27-16-6-4-5-15(20)18(16)21/h4-8,11,14,23H,9-10H2,1-3H3,(H,22,24). The highest BCUT2D eigenvalue weighted by molar-refractivity contribution is 7.89. The summed E-state index contributed by atoms with van der Waals surface area (Å²) in [6, 6.07) is 10.1. The van der Waals surface area contributed by atoms with E-state index in [1.54, 1.807) is 44.2 Å². The van der Waals surface area contributed by atoms with Gasteiger partial charge in [0.15, 0.2) is 6.10 Å². The largest absolute Gasteiger partial charge is 0.479 e. The lowest BCUT2D eigenvalue weighted by atomic mass is 10.2. The average molecular weight is 445 g/mol. The van der Waals surface area contributed by atoms with Crippen LogP contribution in [0.5, 0.6) is 5.75 Å². The van der Waals surface area contributed by atoms with Crippen LogP contribution in [0, 0.1) is 13.8 Å². The smallest absolute Gasteiger partial charge is 0.260 e. The Hall–Kier alpha value is -1.80. The second-order valence-electron chi connectivity index (χ2n) is 6.27. The Bertz CT molecular complexity index is 964. The number of benzene rings is 2. The van der Waals surface area contributed by atoms with Crippen LogP contribution < -0.4 is 14.8 Å². The molecule has 1 atom stereocenters. The summed E-state index contributed by atoms with van der Waals surface area (Å²) in [6.07, 6.45) is -0.827. The van der Waals surface area contributed by atoms with E-state index in [1.807, 2.05) is 13.0 Å². The first kappa shape index (κ1) is 22.5. The zero-order chi connectivity index (χ0) is 20.9. The van der Waals surface area contributed by atoms with Gasteiger partial charge in [-0.25, -0.2) is 13.1 Å². The van der Waals surface area contributed by atoms with E-state index in [1.165, 1.54) is 0 Å². The predicted octanol–water partition coefficient (Wildman–Crippen LogP) is 3.47. The molecule has 0 heterocycles. The quantitative estimate of drug-likeness (QED) is 0.610. The van der Waals surface area contributed by atoms with Crippen LogP contribution in [-0.4, -0.2) is 33.5 Å². The minimum absolute atomic E-state index is 0.0477. The van der Waals surface area contributed by atoms with Crippen molar-refractivity contribution < 1.29 is 17.9 Å². The predicted molar refractivity (Wildman–Crippen MR) is 111 cm³/mol. The van der Waals surface area contributed by atoms with Crippen LogP contribution in [0.15, 0.2) is 41.3 Å². The van der Waals surface area contributed by atoms with Crippen molar-refractivity contribution in [2.24, 2.45) is 0 Å². The Morgan fingerprint density at radius 3 is 2.57 bits per heavy atom. The van der Waals surface area contributed by atoms with Gasteiger partial charge in [0.1, 0.15) is 10.8 Å². The number of hydrogen-bond donors (Lipinski definition) is 2. The van der Waals surface area contributed by atoms with Crippen LogP contribution in [0.1, 0.15) is 18.1 Å². The van der Waals surface area contributed by atoms with Gasteiger partial charge >= 0.3 is 0 Å². The van der Waals surface area contributed by atoms with E-state index in [0.717, 1.165) is 5.56 Å². The monoisotopic (exact) mass is 444 g/mol. The normalized spacial score (nSPS) is 12.5. The first-order valence-electron chi connectivity index (χ1n) is 8.57. The van der Waals surface area contributed by atoms with Gasteiger partial charge < -0.3 is 10.1 Å². The highest BCUT2D eigenvalue weighted by Gasteiger charge is 2.18. The average Bonchev–Trinajstić information content (AvgIpc) is 2.64. The highest BCUT2D eigenvalue weighted by Crippen LogP contribution is 2.32. The number of nitrogens with one attached hydrogen (secondary N) is 2. The Morgan fingerprint density at radius 2 is 1.86 bits per heavy atom. The lowest BCUT2D eigenvalue weighted by molar-refractivity contribution is -0.127. The molecule has 0 aliphatic heterocycles. The van der Waals surface area contributed by atoms with E-state index in [-0.39, 0.29) is 23.0 Å². The molecule has 0 aliphatic carbocycles. The van der Waals surface area contributed by atoms with Crippen LogP contribution in [0.4, 0.5) is 0 Å². The molecule has 0 radical (unpaired) electrons. The topological polar surface area (TPSA) is 84.5 Å². The number of rotatable bonds is 8. The Labute approximate surface area is 175 Å². The number of aryl methyl sites for hydroxylation is 2. The summed E-state index contributed by atoms with van der Waals surface area (Å²) in [5.74, 6) is -0.102. The SMILES string of the molecule is Cc1ccc(C)c(S(=O)(=O)NCCNC(=O)C(C)Oc2cccc(Cl)c2Cl)c1. The molecule has 2 aromatic carbocycles. The summed E-state index contributed by atoms with van der Waals surface area (Å²) >= 11 is 12.0. The molecule has 2 N–H and O–H groups in total. The van der Waals surface area contributed by atoms with Crippen molar-refractivity contribution in [2.75, 3.05) is 13.1 Å². The molecule has 1 unspecified atom stereocenters. The number of sulfonamides is 1. The minimum atomic E-state index is -3.66. The number of amides is 1. The van der Waals surface area contributed by atoms with Gasteiger partial charge in [0.2, 0.25) is 10.0 Å². The molecule has 0 saturated carbocycles. The fourth-order valence-corrected chi connectivity index (χ4v) is 4.10. The van der Waals surface area contributed by atoms with Crippen LogP contribution in [0.3, 0.4) is 0 Å². The van der Waals surface area contributed by atoms with Crippen molar-refractivity contribution in [3.8, 4) is 5.75 Å². The van der Waals surface area contributed by atoms with Crippen LogP contribution in [0.2, 0.25) is 10.0 Å². The van der Waals surface area contributed by atoms with Crippen molar-refractivity contribution in [3.05, 3.63) is 57.6 Å². The molecule has 0 aliphatic rings. The number of carbonyl (C=O) groups is 1. The number of hydrogen-bond acceptors (Lipinski definition) is 4. The number of carbonyl (C=O) groups excluding carboxylic acids is 1. The van der Waals surface area contributed by atoms with Gasteiger partial charge in [-0.3, -0.25) is 4.79 Å². The summed E-state index contributed by atoms with van der Waals surface area (Å²) in [6.45, 7) is 5.28. The van der Waals surface area contributed by atoms with E-state index < -0.39 is 22.0 Å². The molecule has 0 spiro atoms. The molecule has 0 bridgehead atoms. The summed E-state index contributed by atoms with van der Waals surface area (Å²) < 4.78 is 32.8. The van der Waals surface area contributed by atoms with Gasteiger partial charge in [-0.15, -0.1) is 0 Å². The van der Waals surface area contributed by atoms with E-state index in [9.17, 15) is 13.2 Å². The Kier molecular flexibility index (Phi) is 7.71. The molecule has 0 aromatic heterocycles. The van der Waals surface area contributed by atoms with Crippen molar-refractivity contribution in [1.29, 1.82) is 0 Å². The highest BCUT2D eigenvalue weighted by atomic mass is 35.5. The Morgan fingerprint density at radius 1 is 1.14 bits per heavy atom. The summed E-state index contributed by atoms with van der Waals surface area (Å²) in [5, 5.41) is 3.17. The third kappa shape index (κ3) is 5.85. The van der Waals surface area contributed by atoms with E-state index in [0.29, 0.717) is 16.3 Å². The minimum Gasteiger partial charge on any atom is -0.479 e. The van der Waals surface area contributed by atoms with E-state index >= 15 is 0 Å². The second-order valence-corrected chi connectivity index (χ2v) is 8.79. The van der Waals surface area contributed by atoms with E-state index in [4.69, 9.17) is 27.9 Å². The summed E-state index contributed by atoms with van der Waals surface area (Å²) in [5.41, 5.74) is 1.51. The molecule has 1 amide bonds. The van der Waals surface area contributed by atoms with Crippen LogP contribution in [0.25, 0.3) is 0 Å². The molecule has 0 saturated heterocycles. The van der Waals surface area contributed by atoms with Crippen molar-refractivity contribution in [3.63, 3.8) is 0 Å². The fourth-order valence-electron chi connectivity index (χ4n) is 2.41. The molecule has 152 valence electrons. The number of ether oxygens (including phenoxy) is 1. The van der Waals surface area contributed by atoms with Crippen molar-refractivity contribution in [2.45, 2.75) is 31.8 Å². The van der Waals surface area contributed by atoms with Crippen LogP contribution >= 0.6 is 23.2 Å². The zero-order valence-electron chi connectivity index (χ0n) is 15.8. The summed E-state index contributed by atoms with van der Waals surface area (Å²) in [7, 11) is -3.66. The Balaban J connectivity index is 1.86. The lowest BCUT2D eigenvalue weighted by Gasteiger charge is -2.16. The molecule has 0 fully saturated rings. The van der Waals surface area contributed by atoms with Crippen molar-refractivity contribution >= 4 is 39.1 Å². The maximum atomic E-state index is 12.4. The van der Waals surface area contributed by atoms with Crippen molar-refractivity contribution in [1.82, 2.24) is 10.0 Å². The molecular weight excluding hydrogens is 423 g/mol. The molecular formula is C19H22Cl2N2O4S. The number of halogens is 2. The lowest BCUT2D eigenvalue weighted by Crippen LogP contribution is -2.40. The third-order valence-electron chi connectivity index (χ3n) is 3.94. The van der Waals surface area contributed by atoms with Gasteiger partial charge in [-0.2, -0.15) is 0 Å². The summed E-state index contributed by atoms with van der Waals surface area (Å²) in [4.78, 5) is 12.4. The third-order valence-corrected chi connectivity index (χ3v) is 6.34. The maximum absolute atomic E-state index is 12.4. The molecule has 2 rings (SSSR count).